The van der Waals surface area contributed by atoms with Crippen LogP contribution < -0.4 is 19.5 Å². The van der Waals surface area contributed by atoms with E-state index < -0.39 is 6.10 Å². The molecular weight excluding hydrogens is 330 g/mol. The number of ether oxygens (including phenoxy) is 3. The van der Waals surface area contributed by atoms with Gasteiger partial charge in [-0.05, 0) is 49.7 Å². The van der Waals surface area contributed by atoms with Gasteiger partial charge < -0.3 is 19.5 Å². The van der Waals surface area contributed by atoms with Gasteiger partial charge in [0.2, 0.25) is 6.79 Å². The monoisotopic (exact) mass is 347 g/mol. The molecule has 2 aromatic carbocycles. The highest BCUT2D eigenvalue weighted by Crippen LogP contribution is 2.34. The minimum atomic E-state index is -0.639. The summed E-state index contributed by atoms with van der Waals surface area (Å²) >= 11 is 5.92. The standard InChI is InChI=1S/C18H18ClNO4/c1-11(13-6-7-16-17(8-13)23-10-22-16)20-18(21)12(2)24-15-5-3-4-14(19)9-15/h3-9,11-12H,10H2,1-2H3,(H,20,21). The van der Waals surface area contributed by atoms with Crippen LogP contribution in [0.25, 0.3) is 0 Å². The predicted molar refractivity (Wildman–Crippen MR) is 90.7 cm³/mol. The molecule has 5 nitrogen and oxygen atoms in total. The van der Waals surface area contributed by atoms with E-state index in [1.165, 1.54) is 0 Å². The summed E-state index contributed by atoms with van der Waals surface area (Å²) in [6, 6.07) is 12.4. The van der Waals surface area contributed by atoms with E-state index in [0.717, 1.165) is 11.3 Å². The number of hydrogen-bond acceptors (Lipinski definition) is 4. The van der Waals surface area contributed by atoms with Crippen molar-refractivity contribution in [2.45, 2.75) is 26.0 Å². The maximum atomic E-state index is 12.3. The molecule has 0 radical (unpaired) electrons. The summed E-state index contributed by atoms with van der Waals surface area (Å²) in [5, 5.41) is 3.49. The third kappa shape index (κ3) is 3.74. The van der Waals surface area contributed by atoms with Gasteiger partial charge in [-0.15, -0.1) is 0 Å². The van der Waals surface area contributed by atoms with Gasteiger partial charge in [-0.2, -0.15) is 0 Å². The molecule has 1 aliphatic rings. The Bertz CT molecular complexity index is 750. The maximum absolute atomic E-state index is 12.3. The number of carbonyl (C=O) groups is 1. The fourth-order valence-electron chi connectivity index (χ4n) is 2.39. The first-order valence-electron chi connectivity index (χ1n) is 7.65. The number of fused-ring (bicyclic) bond motifs is 1. The van der Waals surface area contributed by atoms with Crippen LogP contribution in [-0.2, 0) is 4.79 Å². The third-order valence-electron chi connectivity index (χ3n) is 3.73. The molecular formula is C18H18ClNO4. The van der Waals surface area contributed by atoms with Crippen molar-refractivity contribution >= 4 is 17.5 Å². The Morgan fingerprint density at radius 2 is 1.96 bits per heavy atom. The zero-order valence-corrected chi connectivity index (χ0v) is 14.2. The second-order valence-corrected chi connectivity index (χ2v) is 6.00. The third-order valence-corrected chi connectivity index (χ3v) is 3.97. The van der Waals surface area contributed by atoms with E-state index in [1.54, 1.807) is 31.2 Å². The molecule has 0 saturated carbocycles. The van der Waals surface area contributed by atoms with Crippen molar-refractivity contribution in [3.05, 3.63) is 53.1 Å². The topological polar surface area (TPSA) is 56.8 Å². The quantitative estimate of drug-likeness (QED) is 0.895. The zero-order chi connectivity index (χ0) is 17.1. The lowest BCUT2D eigenvalue weighted by molar-refractivity contribution is -0.127. The Morgan fingerprint density at radius 1 is 1.17 bits per heavy atom. The molecule has 1 aliphatic heterocycles. The number of amides is 1. The van der Waals surface area contributed by atoms with Crippen molar-refractivity contribution in [2.75, 3.05) is 6.79 Å². The lowest BCUT2D eigenvalue weighted by Gasteiger charge is -2.19. The fraction of sp³-hybridized carbons (Fsp3) is 0.278. The SMILES string of the molecule is CC(Oc1cccc(Cl)c1)C(=O)NC(C)c1ccc2c(c1)OCO2. The summed E-state index contributed by atoms with van der Waals surface area (Å²) in [5.41, 5.74) is 0.933. The second kappa shape index (κ2) is 7.01. The van der Waals surface area contributed by atoms with Gasteiger partial charge in [-0.3, -0.25) is 4.79 Å². The van der Waals surface area contributed by atoms with Crippen LogP contribution in [-0.4, -0.2) is 18.8 Å². The van der Waals surface area contributed by atoms with E-state index in [2.05, 4.69) is 5.32 Å². The molecule has 0 bridgehead atoms. The molecule has 1 N–H and O–H groups in total. The van der Waals surface area contributed by atoms with Crippen LogP contribution in [0.2, 0.25) is 5.02 Å². The van der Waals surface area contributed by atoms with E-state index >= 15 is 0 Å². The minimum Gasteiger partial charge on any atom is -0.481 e. The van der Waals surface area contributed by atoms with Gasteiger partial charge in [0, 0.05) is 5.02 Å². The van der Waals surface area contributed by atoms with Crippen LogP contribution in [0.5, 0.6) is 17.2 Å². The molecule has 2 unspecified atom stereocenters. The first-order chi connectivity index (χ1) is 11.5. The highest BCUT2D eigenvalue weighted by Gasteiger charge is 2.20. The number of nitrogens with one attached hydrogen (secondary N) is 1. The molecule has 1 heterocycles. The molecule has 24 heavy (non-hydrogen) atoms. The second-order valence-electron chi connectivity index (χ2n) is 5.56. The first-order valence-corrected chi connectivity index (χ1v) is 8.03. The molecule has 0 aliphatic carbocycles. The van der Waals surface area contributed by atoms with Crippen molar-refractivity contribution in [1.82, 2.24) is 5.32 Å². The van der Waals surface area contributed by atoms with Crippen molar-refractivity contribution in [2.24, 2.45) is 0 Å². The average molecular weight is 348 g/mol. The number of halogens is 1. The maximum Gasteiger partial charge on any atom is 0.261 e. The Kier molecular flexibility index (Phi) is 4.81. The molecule has 1 amide bonds. The van der Waals surface area contributed by atoms with Gasteiger partial charge in [0.25, 0.3) is 5.91 Å². The average Bonchev–Trinajstić information content (AvgIpc) is 3.02. The molecule has 0 spiro atoms. The van der Waals surface area contributed by atoms with Gasteiger partial charge in [0.15, 0.2) is 17.6 Å². The highest BCUT2D eigenvalue weighted by atomic mass is 35.5. The van der Waals surface area contributed by atoms with Crippen molar-refractivity contribution in [3.63, 3.8) is 0 Å². The normalized spacial score (nSPS) is 14.8. The van der Waals surface area contributed by atoms with E-state index in [0.29, 0.717) is 16.5 Å². The van der Waals surface area contributed by atoms with Crippen molar-refractivity contribution in [1.29, 1.82) is 0 Å². The lowest BCUT2D eigenvalue weighted by atomic mass is 10.1. The van der Waals surface area contributed by atoms with Crippen molar-refractivity contribution < 1.29 is 19.0 Å². The van der Waals surface area contributed by atoms with Gasteiger partial charge in [-0.1, -0.05) is 23.7 Å². The predicted octanol–water partition coefficient (Wildman–Crippen LogP) is 3.71. The van der Waals surface area contributed by atoms with Gasteiger partial charge in [-0.25, -0.2) is 0 Å². The largest absolute Gasteiger partial charge is 0.481 e. The van der Waals surface area contributed by atoms with Gasteiger partial charge in [0.1, 0.15) is 5.75 Å². The molecule has 0 saturated heterocycles. The van der Waals surface area contributed by atoms with Gasteiger partial charge in [0.05, 0.1) is 6.04 Å². The molecule has 2 atom stereocenters. The Labute approximate surface area is 145 Å². The van der Waals surface area contributed by atoms with Crippen molar-refractivity contribution in [3.8, 4) is 17.2 Å². The Balaban J connectivity index is 1.61. The molecule has 6 heteroatoms. The van der Waals surface area contributed by atoms with Crippen LogP contribution in [0.1, 0.15) is 25.5 Å². The van der Waals surface area contributed by atoms with Crippen LogP contribution in [0.4, 0.5) is 0 Å². The van der Waals surface area contributed by atoms with E-state index in [1.807, 2.05) is 25.1 Å². The Hall–Kier alpha value is -2.40. The smallest absolute Gasteiger partial charge is 0.261 e. The number of carbonyl (C=O) groups excluding carboxylic acids is 1. The van der Waals surface area contributed by atoms with Crippen LogP contribution in [0, 0.1) is 0 Å². The molecule has 0 aromatic heterocycles. The van der Waals surface area contributed by atoms with Crippen LogP contribution in [0.3, 0.4) is 0 Å². The van der Waals surface area contributed by atoms with E-state index in [-0.39, 0.29) is 18.7 Å². The molecule has 2 aromatic rings. The first kappa shape index (κ1) is 16.5. The molecule has 0 fully saturated rings. The van der Waals surface area contributed by atoms with Crippen LogP contribution in [0.15, 0.2) is 42.5 Å². The van der Waals surface area contributed by atoms with Gasteiger partial charge >= 0.3 is 0 Å². The summed E-state index contributed by atoms with van der Waals surface area (Å²) in [6.45, 7) is 3.83. The minimum absolute atomic E-state index is 0.183. The van der Waals surface area contributed by atoms with E-state index in [4.69, 9.17) is 25.8 Å². The summed E-state index contributed by atoms with van der Waals surface area (Å²) in [5.74, 6) is 1.76. The van der Waals surface area contributed by atoms with Crippen LogP contribution >= 0.6 is 11.6 Å². The zero-order valence-electron chi connectivity index (χ0n) is 13.4. The number of rotatable bonds is 5. The number of benzene rings is 2. The number of hydrogen-bond donors (Lipinski definition) is 1. The summed E-state index contributed by atoms with van der Waals surface area (Å²) in [4.78, 5) is 12.3. The summed E-state index contributed by atoms with van der Waals surface area (Å²) < 4.78 is 16.3. The Morgan fingerprint density at radius 3 is 2.75 bits per heavy atom. The summed E-state index contributed by atoms with van der Waals surface area (Å²) in [6.07, 6.45) is -0.639. The molecule has 126 valence electrons. The molecule has 3 rings (SSSR count). The fourth-order valence-corrected chi connectivity index (χ4v) is 2.57. The lowest BCUT2D eigenvalue weighted by Crippen LogP contribution is -2.37. The summed E-state index contributed by atoms with van der Waals surface area (Å²) in [7, 11) is 0. The van der Waals surface area contributed by atoms with E-state index in [9.17, 15) is 4.79 Å². The highest BCUT2D eigenvalue weighted by molar-refractivity contribution is 6.30.